The summed E-state index contributed by atoms with van der Waals surface area (Å²) in [5.74, 6) is -0.199. The summed E-state index contributed by atoms with van der Waals surface area (Å²) in [6.45, 7) is 8.06. The maximum Gasteiger partial charge on any atom is 0.271 e. The molecule has 1 aromatic rings. The third kappa shape index (κ3) is 4.30. The van der Waals surface area contributed by atoms with Gasteiger partial charge in [0.05, 0.1) is 0 Å². The fourth-order valence-corrected chi connectivity index (χ4v) is 1.40. The van der Waals surface area contributed by atoms with Crippen LogP contribution in [-0.4, -0.2) is 11.6 Å². The van der Waals surface area contributed by atoms with Crippen molar-refractivity contribution in [3.05, 3.63) is 34.3 Å². The Labute approximate surface area is 110 Å². The number of nitrogens with one attached hydrogen (secondary N) is 1. The molecule has 1 rings (SSSR count). The van der Waals surface area contributed by atoms with Gasteiger partial charge in [-0.05, 0) is 25.1 Å². The average molecular weight is 297 g/mol. The topological polar surface area (TPSA) is 41.5 Å². The Morgan fingerprint density at radius 3 is 2.53 bits per heavy atom. The van der Waals surface area contributed by atoms with Gasteiger partial charge < -0.3 is 0 Å². The summed E-state index contributed by atoms with van der Waals surface area (Å²) >= 11 is 3.33. The second kappa shape index (κ2) is 5.45. The van der Waals surface area contributed by atoms with Crippen molar-refractivity contribution < 1.29 is 4.79 Å². The maximum absolute atomic E-state index is 11.8. The van der Waals surface area contributed by atoms with E-state index in [4.69, 9.17) is 0 Å². The lowest BCUT2D eigenvalue weighted by Gasteiger charge is -2.17. The van der Waals surface area contributed by atoms with Crippen molar-refractivity contribution in [2.75, 3.05) is 0 Å². The lowest BCUT2D eigenvalue weighted by atomic mass is 9.91. The molecule has 0 bridgehead atoms. The molecule has 92 valence electrons. The predicted molar refractivity (Wildman–Crippen MR) is 74.2 cm³/mol. The summed E-state index contributed by atoms with van der Waals surface area (Å²) in [4.78, 5) is 11.8. The van der Waals surface area contributed by atoms with Crippen LogP contribution >= 0.6 is 15.9 Å². The number of halogens is 1. The van der Waals surface area contributed by atoms with Crippen molar-refractivity contribution >= 4 is 27.5 Å². The first-order valence-electron chi connectivity index (χ1n) is 5.41. The first-order valence-corrected chi connectivity index (χ1v) is 6.20. The van der Waals surface area contributed by atoms with E-state index in [9.17, 15) is 4.79 Å². The normalized spacial score (nSPS) is 12.4. The number of rotatable bonds is 2. The molecule has 0 radical (unpaired) electrons. The van der Waals surface area contributed by atoms with Gasteiger partial charge in [0.25, 0.3) is 5.91 Å². The van der Waals surface area contributed by atoms with E-state index in [-0.39, 0.29) is 11.3 Å². The number of hydrogen-bond donors (Lipinski definition) is 1. The molecule has 1 aromatic carbocycles. The molecule has 0 heterocycles. The quantitative estimate of drug-likeness (QED) is 0.657. The molecular formula is C13H17BrN2O. The van der Waals surface area contributed by atoms with Crippen LogP contribution in [0.1, 0.15) is 38.1 Å². The molecule has 1 N–H and O–H groups in total. The number of amides is 1. The van der Waals surface area contributed by atoms with Gasteiger partial charge in [-0.25, -0.2) is 5.43 Å². The minimum absolute atomic E-state index is 0.0372. The number of carbonyl (C=O) groups is 1. The summed E-state index contributed by atoms with van der Waals surface area (Å²) in [7, 11) is 0. The Bertz CT molecular complexity index is 447. The highest BCUT2D eigenvalue weighted by molar-refractivity contribution is 9.10. The maximum atomic E-state index is 11.8. The molecule has 0 spiro atoms. The van der Waals surface area contributed by atoms with Gasteiger partial charge in [0.15, 0.2) is 0 Å². The highest BCUT2D eigenvalue weighted by atomic mass is 79.9. The fourth-order valence-electron chi connectivity index (χ4n) is 0.997. The van der Waals surface area contributed by atoms with Gasteiger partial charge in [0.1, 0.15) is 0 Å². The smallest absolute Gasteiger partial charge is 0.267 e. The number of hydrogen-bond acceptors (Lipinski definition) is 2. The Morgan fingerprint density at radius 1 is 1.35 bits per heavy atom. The molecule has 0 saturated carbocycles. The van der Waals surface area contributed by atoms with Crippen molar-refractivity contribution in [3.63, 3.8) is 0 Å². The zero-order valence-corrected chi connectivity index (χ0v) is 12.1. The number of nitrogens with zero attached hydrogens (tertiary/aromatic N) is 1. The monoisotopic (exact) mass is 296 g/mol. The molecule has 0 fully saturated rings. The fraction of sp³-hybridized carbons (Fsp3) is 0.385. The van der Waals surface area contributed by atoms with Crippen molar-refractivity contribution in [2.45, 2.75) is 27.7 Å². The van der Waals surface area contributed by atoms with Gasteiger partial charge in [-0.15, -0.1) is 0 Å². The Balaban J connectivity index is 2.75. The van der Waals surface area contributed by atoms with Crippen LogP contribution in [0.5, 0.6) is 0 Å². The molecule has 1 amide bonds. The molecule has 4 heteroatoms. The average Bonchev–Trinajstić information content (AvgIpc) is 2.24. The lowest BCUT2D eigenvalue weighted by Crippen LogP contribution is -2.24. The summed E-state index contributed by atoms with van der Waals surface area (Å²) in [6.07, 6.45) is 0. The molecule has 0 aliphatic rings. The third-order valence-electron chi connectivity index (χ3n) is 2.50. The minimum atomic E-state index is -0.199. The SMILES string of the molecule is C/C(=N\NC(=O)c1cccc(Br)c1)C(C)(C)C. The summed E-state index contributed by atoms with van der Waals surface area (Å²) < 4.78 is 0.877. The van der Waals surface area contributed by atoms with Gasteiger partial charge >= 0.3 is 0 Å². The van der Waals surface area contributed by atoms with Crippen LogP contribution in [0.15, 0.2) is 33.8 Å². The predicted octanol–water partition coefficient (Wildman–Crippen LogP) is 3.60. The van der Waals surface area contributed by atoms with Crippen LogP contribution in [0.4, 0.5) is 0 Å². The van der Waals surface area contributed by atoms with E-state index in [1.165, 1.54) is 0 Å². The molecule has 0 saturated heterocycles. The van der Waals surface area contributed by atoms with Crippen molar-refractivity contribution in [3.8, 4) is 0 Å². The van der Waals surface area contributed by atoms with E-state index < -0.39 is 0 Å². The van der Waals surface area contributed by atoms with Crippen LogP contribution in [0.3, 0.4) is 0 Å². The molecule has 0 aliphatic heterocycles. The molecule has 0 aromatic heterocycles. The van der Waals surface area contributed by atoms with Crippen LogP contribution in [0.25, 0.3) is 0 Å². The summed E-state index contributed by atoms with van der Waals surface area (Å²) in [5, 5.41) is 4.10. The Hall–Kier alpha value is -1.16. The van der Waals surface area contributed by atoms with Crippen LogP contribution < -0.4 is 5.43 Å². The summed E-state index contributed by atoms with van der Waals surface area (Å²) in [5.41, 5.74) is 4.00. The van der Waals surface area contributed by atoms with Gasteiger partial charge in [-0.1, -0.05) is 42.8 Å². The minimum Gasteiger partial charge on any atom is -0.267 e. The van der Waals surface area contributed by atoms with Crippen LogP contribution in [-0.2, 0) is 0 Å². The molecule has 0 aliphatic carbocycles. The third-order valence-corrected chi connectivity index (χ3v) is 2.99. The zero-order chi connectivity index (χ0) is 13.1. The van der Waals surface area contributed by atoms with Gasteiger partial charge in [0.2, 0.25) is 0 Å². The molecule has 0 atom stereocenters. The first kappa shape index (κ1) is 13.9. The summed E-state index contributed by atoms with van der Waals surface area (Å²) in [6, 6.07) is 7.21. The van der Waals surface area contributed by atoms with E-state index in [0.717, 1.165) is 10.2 Å². The molecular weight excluding hydrogens is 280 g/mol. The van der Waals surface area contributed by atoms with E-state index >= 15 is 0 Å². The van der Waals surface area contributed by atoms with Gasteiger partial charge in [0, 0.05) is 21.2 Å². The van der Waals surface area contributed by atoms with E-state index in [1.54, 1.807) is 12.1 Å². The standard InChI is InChI=1S/C13H17BrN2O/c1-9(13(2,3)4)15-16-12(17)10-6-5-7-11(14)8-10/h5-8H,1-4H3,(H,16,17)/b15-9+. The van der Waals surface area contributed by atoms with Gasteiger partial charge in [-0.3, -0.25) is 4.79 Å². The second-order valence-electron chi connectivity index (χ2n) is 4.90. The number of carbonyl (C=O) groups excluding carboxylic acids is 1. The Morgan fingerprint density at radius 2 is 2.00 bits per heavy atom. The number of hydrazone groups is 1. The Kier molecular flexibility index (Phi) is 4.46. The van der Waals surface area contributed by atoms with Crippen molar-refractivity contribution in [1.82, 2.24) is 5.43 Å². The molecule has 0 unspecified atom stereocenters. The van der Waals surface area contributed by atoms with Crippen LogP contribution in [0, 0.1) is 5.41 Å². The molecule has 17 heavy (non-hydrogen) atoms. The highest BCUT2D eigenvalue weighted by Gasteiger charge is 2.14. The zero-order valence-electron chi connectivity index (χ0n) is 10.5. The van der Waals surface area contributed by atoms with Crippen LogP contribution in [0.2, 0.25) is 0 Å². The second-order valence-corrected chi connectivity index (χ2v) is 5.81. The van der Waals surface area contributed by atoms with E-state index in [1.807, 2.05) is 19.1 Å². The largest absolute Gasteiger partial charge is 0.271 e. The van der Waals surface area contributed by atoms with E-state index in [2.05, 4.69) is 47.2 Å². The van der Waals surface area contributed by atoms with E-state index in [0.29, 0.717) is 5.56 Å². The lowest BCUT2D eigenvalue weighted by molar-refractivity contribution is 0.0954. The van der Waals surface area contributed by atoms with Gasteiger partial charge in [-0.2, -0.15) is 5.10 Å². The first-order chi connectivity index (χ1) is 7.80. The van der Waals surface area contributed by atoms with Crippen molar-refractivity contribution in [1.29, 1.82) is 0 Å². The number of benzene rings is 1. The molecule has 3 nitrogen and oxygen atoms in total. The highest BCUT2D eigenvalue weighted by Crippen LogP contribution is 2.15. The van der Waals surface area contributed by atoms with Crippen molar-refractivity contribution in [2.24, 2.45) is 10.5 Å².